The Labute approximate surface area is 105 Å². The highest BCUT2D eigenvalue weighted by molar-refractivity contribution is 5.57. The number of azo groups is 1. The van der Waals surface area contributed by atoms with Gasteiger partial charge in [-0.2, -0.15) is 9.97 Å². The molecule has 0 aliphatic heterocycles. The second kappa shape index (κ2) is 5.31. The molecule has 1 aromatic carbocycles. The minimum atomic E-state index is 0.270. The number of aromatic nitrogens is 3. The van der Waals surface area contributed by atoms with Crippen LogP contribution in [0.3, 0.4) is 0 Å². The first-order valence-electron chi connectivity index (χ1n) is 5.39. The zero-order valence-corrected chi connectivity index (χ0v) is 10.5. The molecule has 6 heteroatoms. The average Bonchev–Trinajstić information content (AvgIpc) is 2.37. The smallest absolute Gasteiger partial charge is 0.271 e. The van der Waals surface area contributed by atoms with Gasteiger partial charge in [-0.05, 0) is 31.0 Å². The Bertz CT molecular complexity index is 568. The maximum absolute atomic E-state index is 5.31. The topological polar surface area (TPSA) is 72.6 Å². The van der Waals surface area contributed by atoms with Crippen LogP contribution in [0.5, 0.6) is 5.75 Å². The molecule has 0 atom stereocenters. The summed E-state index contributed by atoms with van der Waals surface area (Å²) in [5, 5.41) is 8.07. The van der Waals surface area contributed by atoms with Crippen molar-refractivity contribution in [2.24, 2.45) is 10.2 Å². The highest BCUT2D eigenvalue weighted by Gasteiger charge is 2.06. The molecule has 0 saturated heterocycles. The first kappa shape index (κ1) is 12.1. The van der Waals surface area contributed by atoms with E-state index < -0.39 is 0 Å². The molecule has 6 nitrogen and oxygen atoms in total. The second-order valence-corrected chi connectivity index (χ2v) is 3.77. The molecular formula is C12H13N5O. The van der Waals surface area contributed by atoms with E-state index in [1.165, 1.54) is 12.7 Å². The van der Waals surface area contributed by atoms with E-state index in [1.54, 1.807) is 7.11 Å². The van der Waals surface area contributed by atoms with Crippen molar-refractivity contribution >= 4 is 11.6 Å². The molecule has 0 unspecified atom stereocenters. The van der Waals surface area contributed by atoms with Crippen molar-refractivity contribution in [3.05, 3.63) is 35.9 Å². The number of methoxy groups -OCH3 is 1. The van der Waals surface area contributed by atoms with Crippen LogP contribution in [-0.2, 0) is 0 Å². The quantitative estimate of drug-likeness (QED) is 0.777. The van der Waals surface area contributed by atoms with Gasteiger partial charge in [0, 0.05) is 0 Å². The molecule has 0 bridgehead atoms. The SMILES string of the molecule is COc1c(C)cc(C)cc1N=Nc1ncncn1. The fourth-order valence-electron chi connectivity index (χ4n) is 1.66. The van der Waals surface area contributed by atoms with Crippen LogP contribution in [0.15, 0.2) is 35.0 Å². The zero-order chi connectivity index (χ0) is 13.0. The maximum atomic E-state index is 5.31. The summed E-state index contributed by atoms with van der Waals surface area (Å²) in [5.41, 5.74) is 2.77. The van der Waals surface area contributed by atoms with E-state index >= 15 is 0 Å². The molecule has 0 aliphatic carbocycles. The average molecular weight is 243 g/mol. The van der Waals surface area contributed by atoms with Crippen molar-refractivity contribution in [1.29, 1.82) is 0 Å². The third kappa shape index (κ3) is 2.65. The van der Waals surface area contributed by atoms with Crippen molar-refractivity contribution in [1.82, 2.24) is 15.0 Å². The zero-order valence-electron chi connectivity index (χ0n) is 10.5. The highest BCUT2D eigenvalue weighted by Crippen LogP contribution is 2.33. The molecule has 0 aliphatic rings. The fourth-order valence-corrected chi connectivity index (χ4v) is 1.66. The first-order chi connectivity index (χ1) is 8.70. The molecule has 0 N–H and O–H groups in total. The summed E-state index contributed by atoms with van der Waals surface area (Å²) in [7, 11) is 1.61. The molecule has 0 amide bonds. The molecule has 2 aromatic rings. The van der Waals surface area contributed by atoms with Gasteiger partial charge in [-0.1, -0.05) is 6.07 Å². The van der Waals surface area contributed by atoms with Gasteiger partial charge < -0.3 is 4.74 Å². The lowest BCUT2D eigenvalue weighted by Crippen LogP contribution is -1.88. The molecule has 92 valence electrons. The minimum absolute atomic E-state index is 0.270. The van der Waals surface area contributed by atoms with Gasteiger partial charge in [0.05, 0.1) is 7.11 Å². The van der Waals surface area contributed by atoms with Crippen molar-refractivity contribution in [3.63, 3.8) is 0 Å². The lowest BCUT2D eigenvalue weighted by Gasteiger charge is -2.08. The fraction of sp³-hybridized carbons (Fsp3) is 0.250. The molecule has 2 rings (SSSR count). The van der Waals surface area contributed by atoms with E-state index in [9.17, 15) is 0 Å². The summed E-state index contributed by atoms with van der Waals surface area (Å²) in [5.74, 6) is 0.976. The van der Waals surface area contributed by atoms with Gasteiger partial charge in [-0.15, -0.1) is 10.2 Å². The predicted octanol–water partition coefficient (Wildman–Crippen LogP) is 2.91. The molecule has 0 saturated carbocycles. The van der Waals surface area contributed by atoms with Crippen LogP contribution < -0.4 is 4.74 Å². The van der Waals surface area contributed by atoms with Crippen molar-refractivity contribution < 1.29 is 4.74 Å². The molecule has 0 fully saturated rings. The van der Waals surface area contributed by atoms with E-state index in [1.807, 2.05) is 26.0 Å². The highest BCUT2D eigenvalue weighted by atomic mass is 16.5. The molecule has 0 spiro atoms. The van der Waals surface area contributed by atoms with E-state index in [4.69, 9.17) is 4.74 Å². The number of nitrogens with zero attached hydrogens (tertiary/aromatic N) is 5. The van der Waals surface area contributed by atoms with Crippen LogP contribution in [0.1, 0.15) is 11.1 Å². The molecule has 18 heavy (non-hydrogen) atoms. The Hall–Kier alpha value is -2.37. The maximum Gasteiger partial charge on any atom is 0.271 e. The first-order valence-corrected chi connectivity index (χ1v) is 5.39. The van der Waals surface area contributed by atoms with E-state index in [2.05, 4.69) is 25.2 Å². The van der Waals surface area contributed by atoms with Gasteiger partial charge in [-0.3, -0.25) is 0 Å². The van der Waals surface area contributed by atoms with Gasteiger partial charge in [-0.25, -0.2) is 4.98 Å². The van der Waals surface area contributed by atoms with Gasteiger partial charge in [0.1, 0.15) is 24.1 Å². The summed E-state index contributed by atoms with van der Waals surface area (Å²) < 4.78 is 5.31. The van der Waals surface area contributed by atoms with Gasteiger partial charge in [0.15, 0.2) is 0 Å². The third-order valence-corrected chi connectivity index (χ3v) is 2.33. The second-order valence-electron chi connectivity index (χ2n) is 3.77. The molecular weight excluding hydrogens is 230 g/mol. The Balaban J connectivity index is 2.37. The van der Waals surface area contributed by atoms with Crippen LogP contribution in [0.2, 0.25) is 0 Å². The molecule has 1 aromatic heterocycles. The van der Waals surface area contributed by atoms with Crippen molar-refractivity contribution in [3.8, 4) is 5.75 Å². The lowest BCUT2D eigenvalue weighted by molar-refractivity contribution is 0.412. The van der Waals surface area contributed by atoms with E-state index in [0.717, 1.165) is 11.1 Å². The number of ether oxygens (including phenoxy) is 1. The van der Waals surface area contributed by atoms with Crippen molar-refractivity contribution in [2.75, 3.05) is 7.11 Å². The largest absolute Gasteiger partial charge is 0.494 e. The number of benzene rings is 1. The third-order valence-electron chi connectivity index (χ3n) is 2.33. The Kier molecular flexibility index (Phi) is 3.57. The summed E-state index contributed by atoms with van der Waals surface area (Å²) in [6.07, 6.45) is 2.75. The van der Waals surface area contributed by atoms with Crippen LogP contribution in [0, 0.1) is 13.8 Å². The monoisotopic (exact) mass is 243 g/mol. The van der Waals surface area contributed by atoms with Gasteiger partial charge in [0.25, 0.3) is 5.95 Å². The Morgan fingerprint density at radius 2 is 1.78 bits per heavy atom. The Morgan fingerprint density at radius 1 is 1.06 bits per heavy atom. The van der Waals surface area contributed by atoms with Gasteiger partial charge in [0.2, 0.25) is 0 Å². The standard InChI is InChI=1S/C12H13N5O/c1-8-4-9(2)11(18-3)10(5-8)16-17-12-14-6-13-7-15-12/h4-7H,1-3H3. The van der Waals surface area contributed by atoms with Crippen molar-refractivity contribution in [2.45, 2.75) is 13.8 Å². The lowest BCUT2D eigenvalue weighted by atomic mass is 10.1. The number of rotatable bonds is 3. The van der Waals surface area contributed by atoms with E-state index in [0.29, 0.717) is 11.4 Å². The van der Waals surface area contributed by atoms with Gasteiger partial charge >= 0.3 is 0 Å². The van der Waals surface area contributed by atoms with Crippen LogP contribution in [0.25, 0.3) is 0 Å². The summed E-state index contributed by atoms with van der Waals surface area (Å²) in [6, 6.07) is 3.93. The summed E-state index contributed by atoms with van der Waals surface area (Å²) >= 11 is 0. The summed E-state index contributed by atoms with van der Waals surface area (Å²) in [4.78, 5) is 11.5. The minimum Gasteiger partial charge on any atom is -0.494 e. The van der Waals surface area contributed by atoms with E-state index in [-0.39, 0.29) is 5.95 Å². The van der Waals surface area contributed by atoms with Crippen LogP contribution in [-0.4, -0.2) is 22.1 Å². The molecule has 0 radical (unpaired) electrons. The summed E-state index contributed by atoms with van der Waals surface area (Å²) in [6.45, 7) is 3.96. The van der Waals surface area contributed by atoms with Crippen LogP contribution in [0.4, 0.5) is 11.6 Å². The number of hydrogen-bond acceptors (Lipinski definition) is 6. The molecule has 1 heterocycles. The Morgan fingerprint density at radius 3 is 2.44 bits per heavy atom. The number of hydrogen-bond donors (Lipinski definition) is 0. The number of aryl methyl sites for hydroxylation is 2. The van der Waals surface area contributed by atoms with Crippen LogP contribution >= 0.6 is 0 Å². The predicted molar refractivity (Wildman–Crippen MR) is 66.5 cm³/mol. The normalized spacial score (nSPS) is 10.8.